The summed E-state index contributed by atoms with van der Waals surface area (Å²) in [5, 5.41) is 11.1. The summed E-state index contributed by atoms with van der Waals surface area (Å²) in [6, 6.07) is 19.3. The highest BCUT2D eigenvalue weighted by Gasteiger charge is 2.14. The molecule has 6 heteroatoms. The summed E-state index contributed by atoms with van der Waals surface area (Å²) in [6.45, 7) is 5.12. The van der Waals surface area contributed by atoms with Crippen molar-refractivity contribution in [2.24, 2.45) is 4.99 Å². The van der Waals surface area contributed by atoms with Crippen LogP contribution in [0, 0.1) is 0 Å². The van der Waals surface area contributed by atoms with Gasteiger partial charge in [-0.05, 0) is 54.2 Å². The molecule has 0 saturated heterocycles. The Morgan fingerprint density at radius 3 is 2.58 bits per heavy atom. The SMILES string of the molecule is CN=C(NCCCN1CCc2ccccc2C1)NCCc1ccc(-n2cccn2)cc1. The second kappa shape index (κ2) is 10.8. The second-order valence-electron chi connectivity index (χ2n) is 7.94. The number of hydrogen-bond donors (Lipinski definition) is 2. The molecule has 0 amide bonds. The number of nitrogens with one attached hydrogen (secondary N) is 2. The number of hydrogen-bond acceptors (Lipinski definition) is 3. The normalized spacial score (nSPS) is 14.3. The van der Waals surface area contributed by atoms with E-state index in [2.05, 4.69) is 74.2 Å². The van der Waals surface area contributed by atoms with Crippen LogP contribution in [-0.4, -0.2) is 53.9 Å². The van der Waals surface area contributed by atoms with Crippen molar-refractivity contribution in [1.82, 2.24) is 25.3 Å². The highest BCUT2D eigenvalue weighted by molar-refractivity contribution is 5.79. The predicted octanol–water partition coefficient (Wildman–Crippen LogP) is 3.03. The van der Waals surface area contributed by atoms with Crippen LogP contribution in [0.5, 0.6) is 0 Å². The van der Waals surface area contributed by atoms with Gasteiger partial charge in [-0.15, -0.1) is 0 Å². The molecule has 162 valence electrons. The molecule has 6 nitrogen and oxygen atoms in total. The zero-order valence-corrected chi connectivity index (χ0v) is 18.3. The summed E-state index contributed by atoms with van der Waals surface area (Å²) >= 11 is 0. The number of guanidine groups is 1. The summed E-state index contributed by atoms with van der Waals surface area (Å²) in [5.74, 6) is 0.872. The molecule has 3 aromatic rings. The van der Waals surface area contributed by atoms with E-state index in [0.717, 1.165) is 63.6 Å². The first-order valence-electron chi connectivity index (χ1n) is 11.1. The van der Waals surface area contributed by atoms with Gasteiger partial charge in [-0.25, -0.2) is 4.68 Å². The van der Waals surface area contributed by atoms with Gasteiger partial charge in [0.15, 0.2) is 5.96 Å². The van der Waals surface area contributed by atoms with Gasteiger partial charge >= 0.3 is 0 Å². The smallest absolute Gasteiger partial charge is 0.190 e. The summed E-state index contributed by atoms with van der Waals surface area (Å²) in [5.41, 5.74) is 5.37. The summed E-state index contributed by atoms with van der Waals surface area (Å²) in [4.78, 5) is 6.90. The number of aliphatic imine (C=N–C) groups is 1. The van der Waals surface area contributed by atoms with Gasteiger partial charge in [0, 0.05) is 52.2 Å². The van der Waals surface area contributed by atoms with Crippen molar-refractivity contribution >= 4 is 5.96 Å². The van der Waals surface area contributed by atoms with Crippen LogP contribution in [0.25, 0.3) is 5.69 Å². The summed E-state index contributed by atoms with van der Waals surface area (Å²) in [7, 11) is 1.83. The van der Waals surface area contributed by atoms with E-state index in [-0.39, 0.29) is 0 Å². The number of aromatic nitrogens is 2. The van der Waals surface area contributed by atoms with Crippen LogP contribution < -0.4 is 10.6 Å². The van der Waals surface area contributed by atoms with Crippen LogP contribution >= 0.6 is 0 Å². The standard InChI is InChI=1S/C25H32N6/c1-26-25(27-14-4-17-30-19-13-22-6-2-3-7-23(22)20-30)28-16-12-21-8-10-24(11-9-21)31-18-5-15-29-31/h2-3,5-11,15,18H,4,12-14,16-17,19-20H2,1H3,(H2,26,27,28). The van der Waals surface area contributed by atoms with Gasteiger partial charge in [0.25, 0.3) is 0 Å². The molecule has 0 fully saturated rings. The molecule has 0 aliphatic carbocycles. The monoisotopic (exact) mass is 416 g/mol. The van der Waals surface area contributed by atoms with Gasteiger partial charge < -0.3 is 10.6 Å². The van der Waals surface area contributed by atoms with Crippen LogP contribution in [0.2, 0.25) is 0 Å². The van der Waals surface area contributed by atoms with E-state index in [9.17, 15) is 0 Å². The van der Waals surface area contributed by atoms with E-state index in [1.165, 1.54) is 16.7 Å². The fraction of sp³-hybridized carbons (Fsp3) is 0.360. The molecule has 0 bridgehead atoms. The Morgan fingerprint density at radius 1 is 1.00 bits per heavy atom. The molecule has 1 aromatic heterocycles. The highest BCUT2D eigenvalue weighted by Crippen LogP contribution is 2.18. The van der Waals surface area contributed by atoms with Gasteiger partial charge in [-0.2, -0.15) is 5.10 Å². The molecule has 1 aliphatic heterocycles. The molecule has 2 heterocycles. The molecule has 0 radical (unpaired) electrons. The lowest BCUT2D eigenvalue weighted by Gasteiger charge is -2.28. The fourth-order valence-electron chi connectivity index (χ4n) is 4.04. The van der Waals surface area contributed by atoms with E-state index < -0.39 is 0 Å². The maximum absolute atomic E-state index is 4.35. The van der Waals surface area contributed by atoms with Crippen LogP contribution in [0.15, 0.2) is 72.0 Å². The van der Waals surface area contributed by atoms with Gasteiger partial charge in [-0.3, -0.25) is 9.89 Å². The van der Waals surface area contributed by atoms with E-state index in [1.807, 2.05) is 24.0 Å². The third kappa shape index (κ3) is 5.95. The van der Waals surface area contributed by atoms with Crippen LogP contribution in [0.4, 0.5) is 0 Å². The zero-order chi connectivity index (χ0) is 21.3. The molecule has 0 unspecified atom stereocenters. The molecule has 31 heavy (non-hydrogen) atoms. The molecular weight excluding hydrogens is 384 g/mol. The van der Waals surface area contributed by atoms with Crippen molar-refractivity contribution in [3.05, 3.63) is 83.7 Å². The quantitative estimate of drug-likeness (QED) is 0.337. The lowest BCUT2D eigenvalue weighted by Crippen LogP contribution is -2.40. The zero-order valence-electron chi connectivity index (χ0n) is 18.3. The molecule has 1 aliphatic rings. The average molecular weight is 417 g/mol. The minimum Gasteiger partial charge on any atom is -0.356 e. The second-order valence-corrected chi connectivity index (χ2v) is 7.94. The summed E-state index contributed by atoms with van der Waals surface area (Å²) < 4.78 is 1.87. The Balaban J connectivity index is 1.13. The van der Waals surface area contributed by atoms with Crippen LogP contribution in [0.1, 0.15) is 23.1 Å². The first-order chi connectivity index (χ1) is 15.3. The lowest BCUT2D eigenvalue weighted by molar-refractivity contribution is 0.251. The lowest BCUT2D eigenvalue weighted by atomic mass is 10.00. The fourth-order valence-corrected chi connectivity index (χ4v) is 4.04. The molecule has 0 spiro atoms. The Morgan fingerprint density at radius 2 is 1.81 bits per heavy atom. The van der Waals surface area contributed by atoms with Gasteiger partial charge in [0.2, 0.25) is 0 Å². The number of fused-ring (bicyclic) bond motifs is 1. The third-order valence-corrected chi connectivity index (χ3v) is 5.79. The Labute approximate surface area is 185 Å². The molecule has 0 saturated carbocycles. The Hall–Kier alpha value is -3.12. The average Bonchev–Trinajstić information content (AvgIpc) is 3.36. The van der Waals surface area contributed by atoms with Crippen LogP contribution in [0.3, 0.4) is 0 Å². The Bertz CT molecular complexity index is 962. The van der Waals surface area contributed by atoms with Gasteiger partial charge in [-0.1, -0.05) is 36.4 Å². The van der Waals surface area contributed by atoms with Crippen molar-refractivity contribution in [3.8, 4) is 5.69 Å². The van der Waals surface area contributed by atoms with E-state index in [0.29, 0.717) is 0 Å². The van der Waals surface area contributed by atoms with E-state index in [4.69, 9.17) is 0 Å². The first kappa shape index (κ1) is 21.1. The molecule has 0 atom stereocenters. The molecule has 4 rings (SSSR count). The van der Waals surface area contributed by atoms with E-state index in [1.54, 1.807) is 6.20 Å². The molecule has 2 N–H and O–H groups in total. The van der Waals surface area contributed by atoms with Crippen molar-refractivity contribution in [2.75, 3.05) is 33.2 Å². The maximum Gasteiger partial charge on any atom is 0.190 e. The van der Waals surface area contributed by atoms with Crippen molar-refractivity contribution in [1.29, 1.82) is 0 Å². The Kier molecular flexibility index (Phi) is 7.34. The minimum atomic E-state index is 0.851. The topological polar surface area (TPSA) is 57.5 Å². The first-order valence-corrected chi connectivity index (χ1v) is 11.1. The third-order valence-electron chi connectivity index (χ3n) is 5.79. The van der Waals surface area contributed by atoms with Gasteiger partial charge in [0.05, 0.1) is 5.69 Å². The number of nitrogens with zero attached hydrogens (tertiary/aromatic N) is 4. The molecular formula is C25H32N6. The van der Waals surface area contributed by atoms with Crippen molar-refractivity contribution in [3.63, 3.8) is 0 Å². The number of benzene rings is 2. The highest BCUT2D eigenvalue weighted by atomic mass is 15.3. The molecule has 2 aromatic carbocycles. The maximum atomic E-state index is 4.35. The minimum absolute atomic E-state index is 0.851. The van der Waals surface area contributed by atoms with Gasteiger partial charge in [0.1, 0.15) is 0 Å². The van der Waals surface area contributed by atoms with Crippen molar-refractivity contribution < 1.29 is 0 Å². The largest absolute Gasteiger partial charge is 0.356 e. The van der Waals surface area contributed by atoms with Crippen molar-refractivity contribution in [2.45, 2.75) is 25.8 Å². The van der Waals surface area contributed by atoms with E-state index >= 15 is 0 Å². The predicted molar refractivity (Wildman–Crippen MR) is 127 cm³/mol. The van der Waals surface area contributed by atoms with Crippen LogP contribution in [-0.2, 0) is 19.4 Å². The number of rotatable bonds is 8. The summed E-state index contributed by atoms with van der Waals surface area (Å²) in [6.07, 6.45) is 6.97.